The van der Waals surface area contributed by atoms with Crippen molar-refractivity contribution < 1.29 is 4.74 Å². The monoisotopic (exact) mass is 397 g/mol. The Kier molecular flexibility index (Phi) is 7.56. The number of nitriles is 1. The maximum atomic E-state index is 8.98. The molecule has 0 aliphatic heterocycles. The number of methoxy groups -OCH3 is 1. The zero-order valence-corrected chi connectivity index (χ0v) is 17.1. The Balaban J connectivity index is 0.00000280. The highest BCUT2D eigenvalue weighted by Gasteiger charge is 2.14. The zero-order valence-electron chi connectivity index (χ0n) is 16.3. The first-order valence-electron chi connectivity index (χ1n) is 8.81. The third kappa shape index (κ3) is 5.10. The molecule has 0 spiro atoms. The Labute approximate surface area is 171 Å². The van der Waals surface area contributed by atoms with Gasteiger partial charge in [0.25, 0.3) is 0 Å². The number of benzene rings is 2. The molecular weight excluding hydrogens is 374 g/mol. The minimum Gasteiger partial charge on any atom is -0.497 e. The third-order valence-corrected chi connectivity index (χ3v) is 4.14. The average molecular weight is 398 g/mol. The SMILES string of the molecule is COc1ccc(-c2nc(-c3cccc(CN(C)C)c3)n(CCC#N)n2)cc1.Cl. The van der Waals surface area contributed by atoms with E-state index < -0.39 is 0 Å². The van der Waals surface area contributed by atoms with Crippen molar-refractivity contribution >= 4 is 12.4 Å². The summed E-state index contributed by atoms with van der Waals surface area (Å²) in [6.45, 7) is 1.36. The van der Waals surface area contributed by atoms with Gasteiger partial charge >= 0.3 is 0 Å². The number of aromatic nitrogens is 3. The van der Waals surface area contributed by atoms with Gasteiger partial charge in [-0.2, -0.15) is 10.4 Å². The van der Waals surface area contributed by atoms with Crippen LogP contribution in [0, 0.1) is 11.3 Å². The minimum absolute atomic E-state index is 0. The molecule has 0 bridgehead atoms. The van der Waals surface area contributed by atoms with Gasteiger partial charge in [-0.05, 0) is 50.0 Å². The van der Waals surface area contributed by atoms with E-state index in [4.69, 9.17) is 15.0 Å². The van der Waals surface area contributed by atoms with Crippen LogP contribution >= 0.6 is 12.4 Å². The van der Waals surface area contributed by atoms with Crippen LogP contribution in [-0.2, 0) is 13.1 Å². The van der Waals surface area contributed by atoms with Gasteiger partial charge in [-0.15, -0.1) is 12.4 Å². The predicted octanol–water partition coefficient (Wildman–Crippen LogP) is 4.02. The molecule has 146 valence electrons. The largest absolute Gasteiger partial charge is 0.497 e. The lowest BCUT2D eigenvalue weighted by Crippen LogP contribution is -2.10. The second kappa shape index (κ2) is 9.88. The van der Waals surface area contributed by atoms with E-state index in [1.165, 1.54) is 5.56 Å². The first-order chi connectivity index (χ1) is 13.1. The Morgan fingerprint density at radius 3 is 2.50 bits per heavy atom. The summed E-state index contributed by atoms with van der Waals surface area (Å²) in [5.74, 6) is 2.21. The van der Waals surface area contributed by atoms with Crippen LogP contribution in [0.2, 0.25) is 0 Å². The molecule has 0 saturated heterocycles. The summed E-state index contributed by atoms with van der Waals surface area (Å²) < 4.78 is 7.03. The van der Waals surface area contributed by atoms with Crippen molar-refractivity contribution in [3.63, 3.8) is 0 Å². The number of halogens is 1. The van der Waals surface area contributed by atoms with Crippen LogP contribution in [-0.4, -0.2) is 40.9 Å². The van der Waals surface area contributed by atoms with Gasteiger partial charge in [0.2, 0.25) is 0 Å². The molecule has 1 heterocycles. The molecule has 7 heteroatoms. The van der Waals surface area contributed by atoms with E-state index in [1.807, 2.05) is 55.2 Å². The molecule has 0 radical (unpaired) electrons. The second-order valence-corrected chi connectivity index (χ2v) is 6.56. The lowest BCUT2D eigenvalue weighted by molar-refractivity contribution is 0.402. The molecule has 0 saturated carbocycles. The van der Waals surface area contributed by atoms with Gasteiger partial charge in [0.05, 0.1) is 26.1 Å². The van der Waals surface area contributed by atoms with Crippen LogP contribution in [0.3, 0.4) is 0 Å². The van der Waals surface area contributed by atoms with Gasteiger partial charge in [-0.3, -0.25) is 0 Å². The Morgan fingerprint density at radius 1 is 1.11 bits per heavy atom. The van der Waals surface area contributed by atoms with Crippen LogP contribution in [0.1, 0.15) is 12.0 Å². The zero-order chi connectivity index (χ0) is 19.2. The molecule has 1 aromatic heterocycles. The molecule has 2 aromatic carbocycles. The highest BCUT2D eigenvalue weighted by atomic mass is 35.5. The number of aryl methyl sites for hydroxylation is 1. The smallest absolute Gasteiger partial charge is 0.181 e. The molecule has 0 fully saturated rings. The molecule has 28 heavy (non-hydrogen) atoms. The van der Waals surface area contributed by atoms with Crippen LogP contribution in [0.15, 0.2) is 48.5 Å². The summed E-state index contributed by atoms with van der Waals surface area (Å²) in [4.78, 5) is 6.89. The molecule has 0 atom stereocenters. The molecule has 0 aliphatic carbocycles. The summed E-state index contributed by atoms with van der Waals surface area (Å²) in [6, 6.07) is 18.1. The van der Waals surface area contributed by atoms with E-state index in [2.05, 4.69) is 28.2 Å². The van der Waals surface area contributed by atoms with E-state index in [9.17, 15) is 0 Å². The molecule has 0 amide bonds. The topological polar surface area (TPSA) is 67.0 Å². The van der Waals surface area contributed by atoms with Crippen LogP contribution in [0.5, 0.6) is 5.75 Å². The number of nitrogens with zero attached hydrogens (tertiary/aromatic N) is 5. The molecule has 0 aliphatic rings. The maximum Gasteiger partial charge on any atom is 0.181 e. The van der Waals surface area contributed by atoms with E-state index >= 15 is 0 Å². The van der Waals surface area contributed by atoms with Gasteiger partial charge in [0, 0.05) is 17.7 Å². The number of ether oxygens (including phenoxy) is 1. The number of rotatable bonds is 7. The lowest BCUT2D eigenvalue weighted by Gasteiger charge is -2.11. The summed E-state index contributed by atoms with van der Waals surface area (Å²) >= 11 is 0. The summed E-state index contributed by atoms with van der Waals surface area (Å²) in [5, 5.41) is 13.6. The van der Waals surface area contributed by atoms with Crippen molar-refractivity contribution in [2.24, 2.45) is 0 Å². The van der Waals surface area contributed by atoms with Crippen molar-refractivity contribution in [2.75, 3.05) is 21.2 Å². The molecule has 3 aromatic rings. The summed E-state index contributed by atoms with van der Waals surface area (Å²) in [7, 11) is 5.73. The Bertz CT molecular complexity index is 944. The van der Waals surface area contributed by atoms with Gasteiger partial charge in [0.15, 0.2) is 11.6 Å². The van der Waals surface area contributed by atoms with Crippen molar-refractivity contribution in [2.45, 2.75) is 19.5 Å². The van der Waals surface area contributed by atoms with Crippen molar-refractivity contribution in [1.82, 2.24) is 19.7 Å². The Morgan fingerprint density at radius 2 is 1.86 bits per heavy atom. The van der Waals surface area contributed by atoms with Crippen LogP contribution in [0.4, 0.5) is 0 Å². The second-order valence-electron chi connectivity index (χ2n) is 6.56. The Hall–Kier alpha value is -2.88. The highest BCUT2D eigenvalue weighted by Crippen LogP contribution is 2.25. The third-order valence-electron chi connectivity index (χ3n) is 4.14. The van der Waals surface area contributed by atoms with E-state index in [-0.39, 0.29) is 12.4 Å². The van der Waals surface area contributed by atoms with Crippen molar-refractivity contribution in [1.29, 1.82) is 5.26 Å². The van der Waals surface area contributed by atoms with Gasteiger partial charge < -0.3 is 9.64 Å². The first kappa shape index (κ1) is 21.4. The highest BCUT2D eigenvalue weighted by molar-refractivity contribution is 5.85. The van der Waals surface area contributed by atoms with E-state index in [0.717, 1.165) is 29.2 Å². The average Bonchev–Trinajstić information content (AvgIpc) is 3.10. The number of hydrogen-bond acceptors (Lipinski definition) is 5. The molecule has 3 rings (SSSR count). The minimum atomic E-state index is 0. The van der Waals surface area contributed by atoms with E-state index in [1.54, 1.807) is 7.11 Å². The molecule has 6 nitrogen and oxygen atoms in total. The molecular formula is C21H24ClN5O. The predicted molar refractivity (Wildman–Crippen MR) is 112 cm³/mol. The fraction of sp³-hybridized carbons (Fsp3) is 0.286. The van der Waals surface area contributed by atoms with Crippen LogP contribution < -0.4 is 4.74 Å². The quantitative estimate of drug-likeness (QED) is 0.602. The summed E-state index contributed by atoms with van der Waals surface area (Å²) in [6.07, 6.45) is 0.385. The normalized spacial score (nSPS) is 10.4. The molecule has 0 unspecified atom stereocenters. The van der Waals surface area contributed by atoms with Gasteiger partial charge in [-0.1, -0.05) is 18.2 Å². The van der Waals surface area contributed by atoms with E-state index in [0.29, 0.717) is 18.8 Å². The van der Waals surface area contributed by atoms with Gasteiger partial charge in [0.1, 0.15) is 5.75 Å². The van der Waals surface area contributed by atoms with Gasteiger partial charge in [-0.25, -0.2) is 9.67 Å². The number of hydrogen-bond donors (Lipinski definition) is 0. The lowest BCUT2D eigenvalue weighted by atomic mass is 10.1. The molecule has 0 N–H and O–H groups in total. The van der Waals surface area contributed by atoms with Crippen molar-refractivity contribution in [3.8, 4) is 34.6 Å². The summed E-state index contributed by atoms with van der Waals surface area (Å²) in [5.41, 5.74) is 3.12. The maximum absolute atomic E-state index is 8.98. The fourth-order valence-corrected chi connectivity index (χ4v) is 2.90. The first-order valence-corrected chi connectivity index (χ1v) is 8.81. The van der Waals surface area contributed by atoms with Crippen LogP contribution in [0.25, 0.3) is 22.8 Å². The fourth-order valence-electron chi connectivity index (χ4n) is 2.90. The standard InChI is InChI=1S/C21H23N5O.ClH/c1-25(2)15-16-6-4-7-18(14-16)21-23-20(24-26(21)13-5-12-22)17-8-10-19(27-3)11-9-17;/h4,6-11,14H,5,13,15H2,1-3H3;1H. The van der Waals surface area contributed by atoms with Crippen molar-refractivity contribution in [3.05, 3.63) is 54.1 Å².